The van der Waals surface area contributed by atoms with Gasteiger partial charge in [-0.25, -0.2) is 0 Å². The number of likely N-dealkylation sites (tertiary alicyclic amines) is 1. The van der Waals surface area contributed by atoms with Gasteiger partial charge < -0.3 is 14.9 Å². The molecule has 1 aliphatic heterocycles. The van der Waals surface area contributed by atoms with Gasteiger partial charge in [-0.1, -0.05) is 12.1 Å². The van der Waals surface area contributed by atoms with Crippen molar-refractivity contribution in [1.29, 1.82) is 0 Å². The first-order valence-corrected chi connectivity index (χ1v) is 8.79. The number of hydrogen-bond acceptors (Lipinski definition) is 4. The summed E-state index contributed by atoms with van der Waals surface area (Å²) in [6, 6.07) is 8.64. The largest absolute Gasteiger partial charge is 0.393 e. The van der Waals surface area contributed by atoms with E-state index in [0.717, 1.165) is 37.1 Å². The molecule has 1 N–H and O–H groups in total. The molecule has 1 aromatic carbocycles. The van der Waals surface area contributed by atoms with Crippen LogP contribution < -0.4 is 4.90 Å². The van der Waals surface area contributed by atoms with Crippen molar-refractivity contribution in [2.24, 2.45) is 0 Å². The summed E-state index contributed by atoms with van der Waals surface area (Å²) in [5, 5.41) is 9.60. The summed E-state index contributed by atoms with van der Waals surface area (Å²) < 4.78 is 0. The maximum absolute atomic E-state index is 12.5. The van der Waals surface area contributed by atoms with E-state index in [0.29, 0.717) is 19.1 Å². The average molecular weight is 333 g/mol. The fourth-order valence-electron chi connectivity index (χ4n) is 3.32. The molecule has 0 saturated carbocycles. The summed E-state index contributed by atoms with van der Waals surface area (Å²) in [7, 11) is 5.90. The summed E-state index contributed by atoms with van der Waals surface area (Å²) >= 11 is 0. The minimum absolute atomic E-state index is 0.143. The molecule has 0 radical (unpaired) electrons. The molecule has 1 heterocycles. The first-order valence-electron chi connectivity index (χ1n) is 8.79. The number of amides is 1. The fraction of sp³-hybridized carbons (Fsp3) is 0.632. The van der Waals surface area contributed by atoms with Gasteiger partial charge in [-0.2, -0.15) is 0 Å². The van der Waals surface area contributed by atoms with Gasteiger partial charge in [0.1, 0.15) is 0 Å². The number of carbonyl (C=O) groups excluding carboxylic acids is 1. The van der Waals surface area contributed by atoms with Gasteiger partial charge in [0.25, 0.3) is 0 Å². The van der Waals surface area contributed by atoms with Crippen LogP contribution in [0.1, 0.15) is 31.7 Å². The summed E-state index contributed by atoms with van der Waals surface area (Å²) in [5.74, 6) is 0.143. The van der Waals surface area contributed by atoms with E-state index in [9.17, 15) is 9.90 Å². The van der Waals surface area contributed by atoms with Crippen LogP contribution in [0.25, 0.3) is 0 Å². The molecule has 1 aliphatic rings. The lowest BCUT2D eigenvalue weighted by molar-refractivity contribution is -0.132. The van der Waals surface area contributed by atoms with Crippen LogP contribution in [0.3, 0.4) is 0 Å². The Morgan fingerprint density at radius 3 is 2.54 bits per heavy atom. The Bertz CT molecular complexity index is 528. The van der Waals surface area contributed by atoms with Gasteiger partial charge in [-0.3, -0.25) is 9.69 Å². The van der Waals surface area contributed by atoms with Crippen LogP contribution in [0, 0.1) is 0 Å². The second-order valence-corrected chi connectivity index (χ2v) is 7.16. The van der Waals surface area contributed by atoms with Crippen molar-refractivity contribution in [1.82, 2.24) is 9.80 Å². The minimum atomic E-state index is -0.307. The highest BCUT2D eigenvalue weighted by Crippen LogP contribution is 2.21. The molecule has 2 rings (SSSR count). The molecule has 0 aliphatic carbocycles. The molecular weight excluding hydrogens is 302 g/mol. The molecule has 1 fully saturated rings. The normalized spacial score (nSPS) is 19.3. The Labute approximate surface area is 145 Å². The van der Waals surface area contributed by atoms with Crippen molar-refractivity contribution < 1.29 is 9.90 Å². The molecule has 24 heavy (non-hydrogen) atoms. The summed E-state index contributed by atoms with van der Waals surface area (Å²) in [6.07, 6.45) is 2.63. The Morgan fingerprint density at radius 2 is 1.96 bits per heavy atom. The van der Waals surface area contributed by atoms with E-state index < -0.39 is 0 Å². The van der Waals surface area contributed by atoms with E-state index in [4.69, 9.17) is 0 Å². The predicted molar refractivity (Wildman–Crippen MR) is 98.1 cm³/mol. The third-order valence-electron chi connectivity index (χ3n) is 4.75. The monoisotopic (exact) mass is 333 g/mol. The van der Waals surface area contributed by atoms with E-state index in [1.54, 1.807) is 4.90 Å². The van der Waals surface area contributed by atoms with Gasteiger partial charge in [-0.15, -0.1) is 0 Å². The minimum Gasteiger partial charge on any atom is -0.393 e. The standard InChI is InChI=1S/C19H31N3O2/c1-15(23)12-18-6-5-11-22(18)14-19(24)21(4)13-16-7-9-17(10-8-16)20(2)3/h7-10,15,18,23H,5-6,11-14H2,1-4H3. The number of nitrogens with zero attached hydrogens (tertiary/aromatic N) is 3. The zero-order valence-corrected chi connectivity index (χ0v) is 15.4. The Morgan fingerprint density at radius 1 is 1.29 bits per heavy atom. The van der Waals surface area contributed by atoms with Crippen LogP contribution in [0.2, 0.25) is 0 Å². The molecule has 2 atom stereocenters. The molecule has 1 aromatic rings. The van der Waals surface area contributed by atoms with Crippen molar-refractivity contribution in [3.05, 3.63) is 29.8 Å². The Kier molecular flexibility index (Phi) is 6.63. The van der Waals surface area contributed by atoms with Crippen molar-refractivity contribution in [3.8, 4) is 0 Å². The molecule has 0 bridgehead atoms. The first-order chi connectivity index (χ1) is 11.4. The summed E-state index contributed by atoms with van der Waals surface area (Å²) in [6.45, 7) is 3.85. The number of benzene rings is 1. The topological polar surface area (TPSA) is 47.0 Å². The van der Waals surface area contributed by atoms with Crippen LogP contribution in [0.15, 0.2) is 24.3 Å². The van der Waals surface area contributed by atoms with E-state index in [1.807, 2.05) is 28.1 Å². The second kappa shape index (κ2) is 8.49. The molecule has 5 nitrogen and oxygen atoms in total. The highest BCUT2D eigenvalue weighted by Gasteiger charge is 2.27. The fourth-order valence-corrected chi connectivity index (χ4v) is 3.32. The predicted octanol–water partition coefficient (Wildman–Crippen LogP) is 1.95. The smallest absolute Gasteiger partial charge is 0.236 e. The van der Waals surface area contributed by atoms with E-state index in [2.05, 4.69) is 34.1 Å². The number of likely N-dealkylation sites (N-methyl/N-ethyl adjacent to an activating group) is 1. The molecular formula is C19H31N3O2. The van der Waals surface area contributed by atoms with Gasteiger partial charge in [0, 0.05) is 39.4 Å². The Hall–Kier alpha value is -1.59. The number of hydrogen-bond donors (Lipinski definition) is 1. The molecule has 0 spiro atoms. The quantitative estimate of drug-likeness (QED) is 0.828. The van der Waals surface area contributed by atoms with Crippen molar-refractivity contribution in [2.45, 2.75) is 44.9 Å². The van der Waals surface area contributed by atoms with Gasteiger partial charge >= 0.3 is 0 Å². The third-order valence-corrected chi connectivity index (χ3v) is 4.75. The van der Waals surface area contributed by atoms with Crippen LogP contribution in [-0.4, -0.2) is 67.2 Å². The molecule has 1 saturated heterocycles. The second-order valence-electron chi connectivity index (χ2n) is 7.16. The van der Waals surface area contributed by atoms with Gasteiger partial charge in [-0.05, 0) is 50.4 Å². The highest BCUT2D eigenvalue weighted by molar-refractivity contribution is 5.78. The van der Waals surface area contributed by atoms with Crippen LogP contribution in [0.4, 0.5) is 5.69 Å². The van der Waals surface area contributed by atoms with Gasteiger partial charge in [0.15, 0.2) is 0 Å². The molecule has 5 heteroatoms. The molecule has 2 unspecified atom stereocenters. The van der Waals surface area contributed by atoms with Crippen LogP contribution in [-0.2, 0) is 11.3 Å². The first kappa shape index (κ1) is 18.7. The zero-order chi connectivity index (χ0) is 17.7. The van der Waals surface area contributed by atoms with E-state index in [1.165, 1.54) is 0 Å². The average Bonchev–Trinajstić information content (AvgIpc) is 2.94. The SMILES string of the molecule is CC(O)CC1CCCN1CC(=O)N(C)Cc1ccc(N(C)C)cc1. The summed E-state index contributed by atoms with van der Waals surface area (Å²) in [4.78, 5) is 18.6. The molecule has 134 valence electrons. The van der Waals surface area contributed by atoms with Crippen molar-refractivity contribution >= 4 is 11.6 Å². The maximum atomic E-state index is 12.5. The lowest BCUT2D eigenvalue weighted by Gasteiger charge is -2.27. The number of aliphatic hydroxyl groups excluding tert-OH is 1. The van der Waals surface area contributed by atoms with Gasteiger partial charge in [0.05, 0.1) is 12.6 Å². The number of anilines is 1. The summed E-state index contributed by atoms with van der Waals surface area (Å²) in [5.41, 5.74) is 2.30. The van der Waals surface area contributed by atoms with E-state index in [-0.39, 0.29) is 12.0 Å². The van der Waals surface area contributed by atoms with E-state index >= 15 is 0 Å². The molecule has 1 amide bonds. The van der Waals surface area contributed by atoms with Gasteiger partial charge in [0.2, 0.25) is 5.91 Å². The number of carbonyl (C=O) groups is 1. The Balaban J connectivity index is 1.87. The van der Waals surface area contributed by atoms with Crippen LogP contribution in [0.5, 0.6) is 0 Å². The molecule has 0 aromatic heterocycles. The third kappa shape index (κ3) is 5.21. The van der Waals surface area contributed by atoms with Crippen molar-refractivity contribution in [2.75, 3.05) is 39.1 Å². The zero-order valence-electron chi connectivity index (χ0n) is 15.4. The lowest BCUT2D eigenvalue weighted by atomic mass is 10.1. The van der Waals surface area contributed by atoms with Crippen molar-refractivity contribution in [3.63, 3.8) is 0 Å². The van der Waals surface area contributed by atoms with Crippen LogP contribution >= 0.6 is 0 Å². The maximum Gasteiger partial charge on any atom is 0.236 e. The number of rotatable bonds is 7. The highest BCUT2D eigenvalue weighted by atomic mass is 16.3. The number of aliphatic hydroxyl groups is 1. The lowest BCUT2D eigenvalue weighted by Crippen LogP contribution is -2.41.